The van der Waals surface area contributed by atoms with Gasteiger partial charge in [0.05, 0.1) is 17.7 Å². The van der Waals surface area contributed by atoms with E-state index in [0.29, 0.717) is 18.5 Å². The molecule has 130 valence electrons. The lowest BCUT2D eigenvalue weighted by atomic mass is 10.1. The van der Waals surface area contributed by atoms with Crippen LogP contribution in [0.3, 0.4) is 0 Å². The Hall–Kier alpha value is -3.35. The van der Waals surface area contributed by atoms with Crippen LogP contribution in [-0.2, 0) is 13.0 Å². The monoisotopic (exact) mass is 348 g/mol. The molecular formula is C19H17FN6. The molecule has 0 aliphatic carbocycles. The molecule has 4 rings (SSSR count). The topological polar surface area (TPSA) is 72.3 Å². The summed E-state index contributed by atoms with van der Waals surface area (Å²) >= 11 is 0. The van der Waals surface area contributed by atoms with E-state index in [1.54, 1.807) is 24.7 Å². The maximum atomic E-state index is 13.7. The molecule has 0 radical (unpaired) electrons. The summed E-state index contributed by atoms with van der Waals surface area (Å²) in [5, 5.41) is 10.9. The van der Waals surface area contributed by atoms with Gasteiger partial charge in [-0.1, -0.05) is 18.2 Å². The van der Waals surface area contributed by atoms with Gasteiger partial charge in [0.1, 0.15) is 17.2 Å². The summed E-state index contributed by atoms with van der Waals surface area (Å²) in [4.78, 5) is 8.83. The van der Waals surface area contributed by atoms with Gasteiger partial charge < -0.3 is 4.57 Å². The van der Waals surface area contributed by atoms with Gasteiger partial charge in [-0.25, -0.2) is 9.37 Å². The van der Waals surface area contributed by atoms with E-state index in [1.807, 2.05) is 35.9 Å². The molecule has 0 saturated heterocycles. The maximum absolute atomic E-state index is 13.7. The molecular weight excluding hydrogens is 331 g/mol. The molecule has 0 spiro atoms. The first-order valence-corrected chi connectivity index (χ1v) is 8.30. The first-order valence-electron chi connectivity index (χ1n) is 8.30. The number of hydrogen-bond acceptors (Lipinski definition) is 4. The molecule has 3 aromatic heterocycles. The molecule has 0 amide bonds. The minimum atomic E-state index is -0.176. The molecule has 3 heterocycles. The number of nitrogens with zero attached hydrogens (tertiary/aromatic N) is 5. The molecule has 0 unspecified atom stereocenters. The molecule has 1 aromatic carbocycles. The smallest absolute Gasteiger partial charge is 0.126 e. The molecule has 26 heavy (non-hydrogen) atoms. The van der Waals surface area contributed by atoms with Crippen molar-refractivity contribution in [1.29, 1.82) is 0 Å². The van der Waals surface area contributed by atoms with Crippen LogP contribution in [-0.4, -0.2) is 29.9 Å². The van der Waals surface area contributed by atoms with Crippen molar-refractivity contribution in [3.8, 4) is 22.6 Å². The van der Waals surface area contributed by atoms with Crippen molar-refractivity contribution in [2.24, 2.45) is 0 Å². The van der Waals surface area contributed by atoms with E-state index in [2.05, 4.69) is 25.4 Å². The standard InChI is InChI=1S/C19H17FN6/c1-13-19(24-25-23-13)15-6-8-21-17(10-15)18-11-26(12-22-18)9-7-14-4-2-3-5-16(14)20/h2-6,8,10-12H,7,9H2,1H3,(H,23,24,25). The second-order valence-electron chi connectivity index (χ2n) is 6.03. The molecule has 0 bridgehead atoms. The SMILES string of the molecule is Cc1n[nH]nc1-c1ccnc(-c2cn(CCc3ccccc3F)cn2)c1. The third-order valence-electron chi connectivity index (χ3n) is 4.25. The zero-order valence-corrected chi connectivity index (χ0v) is 14.2. The molecule has 4 aromatic rings. The normalized spacial score (nSPS) is 11.0. The third-order valence-corrected chi connectivity index (χ3v) is 4.25. The molecule has 0 saturated carbocycles. The van der Waals surface area contributed by atoms with Crippen LogP contribution in [0.2, 0.25) is 0 Å². The van der Waals surface area contributed by atoms with Gasteiger partial charge in [0, 0.05) is 24.5 Å². The number of aryl methyl sites for hydroxylation is 3. The van der Waals surface area contributed by atoms with Crippen molar-refractivity contribution in [2.75, 3.05) is 0 Å². The van der Waals surface area contributed by atoms with Crippen LogP contribution in [0.25, 0.3) is 22.6 Å². The van der Waals surface area contributed by atoms with Gasteiger partial charge in [-0.15, -0.1) is 0 Å². The van der Waals surface area contributed by atoms with Gasteiger partial charge in [0.25, 0.3) is 0 Å². The van der Waals surface area contributed by atoms with Crippen molar-refractivity contribution in [2.45, 2.75) is 19.9 Å². The maximum Gasteiger partial charge on any atom is 0.126 e. The number of pyridine rings is 1. The van der Waals surface area contributed by atoms with E-state index in [1.165, 1.54) is 6.07 Å². The Bertz CT molecular complexity index is 1040. The van der Waals surface area contributed by atoms with E-state index >= 15 is 0 Å². The quantitative estimate of drug-likeness (QED) is 0.600. The van der Waals surface area contributed by atoms with Crippen molar-refractivity contribution < 1.29 is 4.39 Å². The Balaban J connectivity index is 1.53. The number of hydrogen-bond donors (Lipinski definition) is 1. The zero-order valence-electron chi connectivity index (χ0n) is 14.2. The van der Waals surface area contributed by atoms with Gasteiger partial charge in [0.2, 0.25) is 0 Å². The number of aromatic nitrogens is 6. The highest BCUT2D eigenvalue weighted by molar-refractivity contribution is 5.67. The highest BCUT2D eigenvalue weighted by Crippen LogP contribution is 2.23. The average Bonchev–Trinajstić information content (AvgIpc) is 3.30. The lowest BCUT2D eigenvalue weighted by Gasteiger charge is -2.04. The van der Waals surface area contributed by atoms with E-state index in [9.17, 15) is 4.39 Å². The highest BCUT2D eigenvalue weighted by atomic mass is 19.1. The summed E-state index contributed by atoms with van der Waals surface area (Å²) < 4.78 is 15.7. The highest BCUT2D eigenvalue weighted by Gasteiger charge is 2.10. The third kappa shape index (κ3) is 3.23. The molecule has 6 nitrogen and oxygen atoms in total. The van der Waals surface area contributed by atoms with Crippen LogP contribution in [0, 0.1) is 12.7 Å². The Morgan fingerprint density at radius 3 is 2.77 bits per heavy atom. The number of aromatic amines is 1. The van der Waals surface area contributed by atoms with Crippen molar-refractivity contribution in [3.63, 3.8) is 0 Å². The van der Waals surface area contributed by atoms with Gasteiger partial charge in [-0.2, -0.15) is 15.4 Å². The number of imidazole rings is 1. The molecule has 0 aliphatic heterocycles. The van der Waals surface area contributed by atoms with Gasteiger partial charge in [-0.05, 0) is 37.1 Å². The molecule has 0 atom stereocenters. The van der Waals surface area contributed by atoms with Crippen molar-refractivity contribution in [3.05, 3.63) is 72.2 Å². The predicted molar refractivity (Wildman–Crippen MR) is 95.7 cm³/mol. The number of benzene rings is 1. The summed E-state index contributed by atoms with van der Waals surface area (Å²) in [6.45, 7) is 2.55. The summed E-state index contributed by atoms with van der Waals surface area (Å²) in [5.41, 5.74) is 4.79. The van der Waals surface area contributed by atoms with E-state index in [4.69, 9.17) is 0 Å². The fourth-order valence-electron chi connectivity index (χ4n) is 2.84. The van der Waals surface area contributed by atoms with Crippen LogP contribution >= 0.6 is 0 Å². The van der Waals surface area contributed by atoms with Gasteiger partial charge in [-0.3, -0.25) is 4.98 Å². The predicted octanol–water partition coefficient (Wildman–Crippen LogP) is 3.42. The Morgan fingerprint density at radius 2 is 1.96 bits per heavy atom. The van der Waals surface area contributed by atoms with Crippen molar-refractivity contribution >= 4 is 0 Å². The summed E-state index contributed by atoms with van der Waals surface area (Å²) in [6.07, 6.45) is 6.00. The first-order chi connectivity index (χ1) is 12.7. The van der Waals surface area contributed by atoms with Crippen LogP contribution in [0.15, 0.2) is 55.1 Å². The van der Waals surface area contributed by atoms with Crippen LogP contribution in [0.4, 0.5) is 4.39 Å². The van der Waals surface area contributed by atoms with Crippen LogP contribution in [0.1, 0.15) is 11.3 Å². The van der Waals surface area contributed by atoms with E-state index in [-0.39, 0.29) is 5.82 Å². The average molecular weight is 348 g/mol. The molecule has 1 N–H and O–H groups in total. The minimum absolute atomic E-state index is 0.176. The lowest BCUT2D eigenvalue weighted by molar-refractivity contribution is 0.593. The largest absolute Gasteiger partial charge is 0.336 e. The Kier molecular flexibility index (Phi) is 4.27. The van der Waals surface area contributed by atoms with Crippen molar-refractivity contribution in [1.82, 2.24) is 29.9 Å². The second kappa shape index (κ2) is 6.87. The molecule has 0 fully saturated rings. The Morgan fingerprint density at radius 1 is 1.08 bits per heavy atom. The van der Waals surface area contributed by atoms with Crippen LogP contribution in [0.5, 0.6) is 0 Å². The molecule has 7 heteroatoms. The van der Waals surface area contributed by atoms with E-state index in [0.717, 1.165) is 28.3 Å². The number of H-pyrrole nitrogens is 1. The lowest BCUT2D eigenvalue weighted by Crippen LogP contribution is -2.00. The Labute approximate surface area is 149 Å². The second-order valence-corrected chi connectivity index (χ2v) is 6.03. The summed E-state index contributed by atoms with van der Waals surface area (Å²) in [7, 11) is 0. The first kappa shape index (κ1) is 16.1. The molecule has 0 aliphatic rings. The fraction of sp³-hybridized carbons (Fsp3) is 0.158. The van der Waals surface area contributed by atoms with Gasteiger partial charge >= 0.3 is 0 Å². The number of nitrogens with one attached hydrogen (secondary N) is 1. The fourth-order valence-corrected chi connectivity index (χ4v) is 2.84. The summed E-state index contributed by atoms with van der Waals surface area (Å²) in [5.74, 6) is -0.176. The van der Waals surface area contributed by atoms with Gasteiger partial charge in [0.15, 0.2) is 0 Å². The zero-order chi connectivity index (χ0) is 17.9. The van der Waals surface area contributed by atoms with E-state index < -0.39 is 0 Å². The van der Waals surface area contributed by atoms with Crippen LogP contribution < -0.4 is 0 Å². The number of halogens is 1. The number of rotatable bonds is 5. The minimum Gasteiger partial charge on any atom is -0.336 e. The summed E-state index contributed by atoms with van der Waals surface area (Å²) in [6, 6.07) is 10.7.